The molecule has 1 saturated heterocycles. The van der Waals surface area contributed by atoms with E-state index >= 15 is 0 Å². The van der Waals surface area contributed by atoms with E-state index < -0.39 is 0 Å². The molecule has 31 heavy (non-hydrogen) atoms. The molecule has 0 atom stereocenters. The summed E-state index contributed by atoms with van der Waals surface area (Å²) >= 11 is 6.09. The van der Waals surface area contributed by atoms with Gasteiger partial charge < -0.3 is 15.0 Å². The number of benzene rings is 2. The maximum absolute atomic E-state index is 12.6. The van der Waals surface area contributed by atoms with Crippen molar-refractivity contribution in [3.8, 4) is 5.75 Å². The number of rotatable bonds is 8. The third-order valence-corrected chi connectivity index (χ3v) is 5.67. The molecule has 0 unspecified atom stereocenters. The van der Waals surface area contributed by atoms with Gasteiger partial charge in [-0.15, -0.1) is 0 Å². The molecular weight excluding hydrogens is 416 g/mol. The Morgan fingerprint density at radius 3 is 2.23 bits per heavy atom. The molecule has 1 N–H and O–H groups in total. The van der Waals surface area contributed by atoms with Crippen molar-refractivity contribution in [2.75, 3.05) is 58.7 Å². The first-order chi connectivity index (χ1) is 14.9. The Hall–Kier alpha value is -2.61. The van der Waals surface area contributed by atoms with Crippen LogP contribution in [0.3, 0.4) is 0 Å². The van der Waals surface area contributed by atoms with Gasteiger partial charge in [0.05, 0.1) is 30.9 Å². The number of carbonyl (C=O) groups is 2. The minimum Gasteiger partial charge on any atom is -0.497 e. The SMILES string of the molecule is COc1ccc(CN(C)C(=O)CN2CCN(CC(=O)Nc3ccccc3Cl)CC2)cc1. The van der Waals surface area contributed by atoms with Crippen LogP contribution in [0, 0.1) is 0 Å². The number of nitrogens with zero attached hydrogens (tertiary/aromatic N) is 3. The van der Waals surface area contributed by atoms with Crippen LogP contribution >= 0.6 is 11.6 Å². The lowest BCUT2D eigenvalue weighted by molar-refractivity contribution is -0.132. The molecule has 7 nitrogen and oxygen atoms in total. The number of nitrogens with one attached hydrogen (secondary N) is 1. The largest absolute Gasteiger partial charge is 0.497 e. The normalized spacial score (nSPS) is 14.8. The van der Waals surface area contributed by atoms with Crippen LogP contribution in [-0.4, -0.2) is 79.9 Å². The summed E-state index contributed by atoms with van der Waals surface area (Å²) in [5.41, 5.74) is 1.68. The molecule has 1 aliphatic rings. The van der Waals surface area contributed by atoms with Crippen LogP contribution in [-0.2, 0) is 16.1 Å². The van der Waals surface area contributed by atoms with Gasteiger partial charge >= 0.3 is 0 Å². The maximum atomic E-state index is 12.6. The molecule has 0 aliphatic carbocycles. The predicted molar refractivity (Wildman–Crippen MR) is 122 cm³/mol. The van der Waals surface area contributed by atoms with Crippen molar-refractivity contribution in [2.24, 2.45) is 0 Å². The number of halogens is 1. The number of carbonyl (C=O) groups excluding carboxylic acids is 2. The molecule has 0 saturated carbocycles. The molecule has 8 heteroatoms. The first-order valence-corrected chi connectivity index (χ1v) is 10.7. The lowest BCUT2D eigenvalue weighted by Crippen LogP contribution is -2.51. The van der Waals surface area contributed by atoms with E-state index in [0.29, 0.717) is 30.3 Å². The van der Waals surface area contributed by atoms with Crippen LogP contribution in [0.15, 0.2) is 48.5 Å². The monoisotopic (exact) mass is 444 g/mol. The Labute approximate surface area is 188 Å². The molecule has 1 aliphatic heterocycles. The van der Waals surface area contributed by atoms with E-state index in [4.69, 9.17) is 16.3 Å². The highest BCUT2D eigenvalue weighted by Gasteiger charge is 2.22. The van der Waals surface area contributed by atoms with E-state index in [1.807, 2.05) is 43.4 Å². The van der Waals surface area contributed by atoms with Gasteiger partial charge in [-0.25, -0.2) is 0 Å². The number of likely N-dealkylation sites (N-methyl/N-ethyl adjacent to an activating group) is 1. The third kappa shape index (κ3) is 6.95. The fraction of sp³-hybridized carbons (Fsp3) is 0.391. The number of hydrogen-bond acceptors (Lipinski definition) is 5. The van der Waals surface area contributed by atoms with Gasteiger partial charge in [0.25, 0.3) is 0 Å². The minimum absolute atomic E-state index is 0.0840. The molecule has 2 aromatic carbocycles. The standard InChI is InChI=1S/C23H29ClN4O3/c1-26(15-18-7-9-19(31-2)10-8-18)23(30)17-28-13-11-27(12-14-28)16-22(29)25-21-6-4-3-5-20(21)24/h3-10H,11-17H2,1-2H3,(H,25,29). The van der Waals surface area contributed by atoms with Gasteiger partial charge in [0.15, 0.2) is 0 Å². The molecule has 0 aromatic heterocycles. The Kier molecular flexibility index (Phi) is 8.28. The molecule has 0 bridgehead atoms. The summed E-state index contributed by atoms with van der Waals surface area (Å²) in [5, 5.41) is 3.38. The lowest BCUT2D eigenvalue weighted by atomic mass is 10.2. The van der Waals surface area contributed by atoms with Crippen LogP contribution < -0.4 is 10.1 Å². The van der Waals surface area contributed by atoms with E-state index in [1.54, 1.807) is 24.1 Å². The molecule has 1 fully saturated rings. The van der Waals surface area contributed by atoms with Crippen molar-refractivity contribution in [1.29, 1.82) is 0 Å². The number of piperazine rings is 1. The summed E-state index contributed by atoms with van der Waals surface area (Å²) < 4.78 is 5.17. The second kappa shape index (κ2) is 11.1. The van der Waals surface area contributed by atoms with Crippen LogP contribution in [0.25, 0.3) is 0 Å². The second-order valence-electron chi connectivity index (χ2n) is 7.68. The number of amides is 2. The molecule has 2 aromatic rings. The van der Waals surface area contributed by atoms with Crippen molar-refractivity contribution in [1.82, 2.24) is 14.7 Å². The van der Waals surface area contributed by atoms with Crippen LogP contribution in [0.1, 0.15) is 5.56 Å². The average Bonchev–Trinajstić information content (AvgIpc) is 2.77. The first-order valence-electron chi connectivity index (χ1n) is 10.3. The van der Waals surface area contributed by atoms with E-state index in [0.717, 1.165) is 37.5 Å². The predicted octanol–water partition coefficient (Wildman–Crippen LogP) is 2.56. The van der Waals surface area contributed by atoms with Gasteiger partial charge in [-0.3, -0.25) is 19.4 Å². The van der Waals surface area contributed by atoms with Gasteiger partial charge in [0, 0.05) is 39.8 Å². The lowest BCUT2D eigenvalue weighted by Gasteiger charge is -2.34. The highest BCUT2D eigenvalue weighted by molar-refractivity contribution is 6.33. The summed E-state index contributed by atoms with van der Waals surface area (Å²) in [4.78, 5) is 30.9. The molecule has 2 amide bonds. The highest BCUT2D eigenvalue weighted by atomic mass is 35.5. The number of hydrogen-bond donors (Lipinski definition) is 1. The summed E-state index contributed by atoms with van der Waals surface area (Å²) in [6, 6.07) is 14.9. The van der Waals surface area contributed by atoms with Crippen LogP contribution in [0.4, 0.5) is 5.69 Å². The van der Waals surface area contributed by atoms with Crippen molar-refractivity contribution in [3.63, 3.8) is 0 Å². The highest BCUT2D eigenvalue weighted by Crippen LogP contribution is 2.20. The van der Waals surface area contributed by atoms with E-state index in [1.165, 1.54) is 0 Å². The fourth-order valence-electron chi connectivity index (χ4n) is 3.47. The fourth-order valence-corrected chi connectivity index (χ4v) is 3.65. The summed E-state index contributed by atoms with van der Waals surface area (Å²) in [6.07, 6.45) is 0. The van der Waals surface area contributed by atoms with E-state index in [9.17, 15) is 9.59 Å². The smallest absolute Gasteiger partial charge is 0.238 e. The summed E-state index contributed by atoms with van der Waals surface area (Å²) in [5.74, 6) is 0.800. The average molecular weight is 445 g/mol. The molecule has 0 spiro atoms. The van der Waals surface area contributed by atoms with Gasteiger partial charge in [-0.05, 0) is 29.8 Å². The summed E-state index contributed by atoms with van der Waals surface area (Å²) in [7, 11) is 3.46. The summed E-state index contributed by atoms with van der Waals surface area (Å²) in [6.45, 7) is 4.24. The molecule has 1 heterocycles. The molecule has 3 rings (SSSR count). The Morgan fingerprint density at radius 1 is 1.00 bits per heavy atom. The van der Waals surface area contributed by atoms with Crippen molar-refractivity contribution >= 4 is 29.1 Å². The van der Waals surface area contributed by atoms with Crippen molar-refractivity contribution in [3.05, 3.63) is 59.1 Å². The minimum atomic E-state index is -0.0862. The number of ether oxygens (including phenoxy) is 1. The molecule has 166 valence electrons. The third-order valence-electron chi connectivity index (χ3n) is 5.34. The van der Waals surface area contributed by atoms with Crippen molar-refractivity contribution in [2.45, 2.75) is 6.54 Å². The van der Waals surface area contributed by atoms with Gasteiger partial charge in [0.2, 0.25) is 11.8 Å². The Balaban J connectivity index is 1.39. The van der Waals surface area contributed by atoms with E-state index in [2.05, 4.69) is 15.1 Å². The Morgan fingerprint density at radius 2 is 1.61 bits per heavy atom. The Bertz CT molecular complexity index is 883. The quantitative estimate of drug-likeness (QED) is 0.678. The van der Waals surface area contributed by atoms with Gasteiger partial charge in [0.1, 0.15) is 5.75 Å². The molecular formula is C23H29ClN4O3. The number of para-hydroxylation sites is 1. The zero-order chi connectivity index (χ0) is 22.2. The number of methoxy groups -OCH3 is 1. The van der Waals surface area contributed by atoms with Gasteiger partial charge in [-0.2, -0.15) is 0 Å². The van der Waals surface area contributed by atoms with Crippen LogP contribution in [0.5, 0.6) is 5.75 Å². The number of anilines is 1. The maximum Gasteiger partial charge on any atom is 0.238 e. The second-order valence-corrected chi connectivity index (χ2v) is 8.09. The molecule has 0 radical (unpaired) electrons. The topological polar surface area (TPSA) is 65.1 Å². The van der Waals surface area contributed by atoms with Gasteiger partial charge in [-0.1, -0.05) is 35.9 Å². The zero-order valence-electron chi connectivity index (χ0n) is 18.0. The first kappa shape index (κ1) is 23.1. The van der Waals surface area contributed by atoms with Crippen molar-refractivity contribution < 1.29 is 14.3 Å². The zero-order valence-corrected chi connectivity index (χ0v) is 18.8. The van der Waals surface area contributed by atoms with E-state index in [-0.39, 0.29) is 11.8 Å². The van der Waals surface area contributed by atoms with Crippen LogP contribution in [0.2, 0.25) is 5.02 Å².